The zero-order valence-electron chi connectivity index (χ0n) is 9.77. The summed E-state index contributed by atoms with van der Waals surface area (Å²) in [6.45, 7) is 2.81. The number of hydrogen-bond donors (Lipinski definition) is 1. The van der Waals surface area contributed by atoms with Gasteiger partial charge in [0.1, 0.15) is 0 Å². The molecule has 2 atom stereocenters. The first-order valence-corrected chi connectivity index (χ1v) is 6.79. The number of amides is 1. The van der Waals surface area contributed by atoms with Crippen LogP contribution in [0.15, 0.2) is 24.3 Å². The van der Waals surface area contributed by atoms with Gasteiger partial charge in [0.15, 0.2) is 0 Å². The van der Waals surface area contributed by atoms with Crippen LogP contribution in [0.4, 0.5) is 0 Å². The molecule has 0 spiro atoms. The van der Waals surface area contributed by atoms with Crippen molar-refractivity contribution >= 4 is 30.1 Å². The Bertz CT molecular complexity index is 424. The number of likely N-dealkylation sites (tertiary alicyclic amines) is 1. The molecule has 92 valence electrons. The van der Waals surface area contributed by atoms with E-state index in [9.17, 15) is 4.79 Å². The number of carbonyl (C=O) groups excluding carboxylic acids is 1. The lowest BCUT2D eigenvalue weighted by molar-refractivity contribution is -0.129. The second-order valence-corrected chi connectivity index (χ2v) is 5.27. The number of halogens is 1. The van der Waals surface area contributed by atoms with Crippen LogP contribution in [0.5, 0.6) is 0 Å². The Morgan fingerprint density at radius 1 is 1.53 bits per heavy atom. The second-order valence-electron chi connectivity index (χ2n) is 4.50. The lowest BCUT2D eigenvalue weighted by atomic mass is 10.1. The first-order valence-electron chi connectivity index (χ1n) is 5.78. The Balaban J connectivity index is 2.18. The van der Waals surface area contributed by atoms with Crippen LogP contribution in [0.25, 0.3) is 0 Å². The van der Waals surface area contributed by atoms with E-state index in [1.807, 2.05) is 36.1 Å². The predicted octanol–water partition coefficient (Wildman–Crippen LogP) is 3.18. The van der Waals surface area contributed by atoms with Gasteiger partial charge >= 0.3 is 0 Å². The van der Waals surface area contributed by atoms with Crippen molar-refractivity contribution in [2.75, 3.05) is 12.3 Å². The van der Waals surface area contributed by atoms with Gasteiger partial charge in [-0.05, 0) is 30.2 Å². The third-order valence-electron chi connectivity index (χ3n) is 3.32. The molecule has 1 aliphatic heterocycles. The molecule has 1 aromatic carbocycles. The van der Waals surface area contributed by atoms with Crippen LogP contribution in [-0.2, 0) is 4.79 Å². The molecule has 0 bridgehead atoms. The molecule has 1 fully saturated rings. The molecule has 0 aromatic heterocycles. The normalized spacial score (nSPS) is 21.9. The first-order chi connectivity index (χ1) is 8.13. The van der Waals surface area contributed by atoms with Gasteiger partial charge in [0, 0.05) is 18.0 Å². The first kappa shape index (κ1) is 12.8. The van der Waals surface area contributed by atoms with Crippen molar-refractivity contribution in [2.24, 2.45) is 5.92 Å². The fraction of sp³-hybridized carbons (Fsp3) is 0.462. The van der Waals surface area contributed by atoms with Crippen molar-refractivity contribution in [3.05, 3.63) is 34.9 Å². The van der Waals surface area contributed by atoms with E-state index in [1.165, 1.54) is 0 Å². The molecule has 1 aromatic rings. The van der Waals surface area contributed by atoms with Gasteiger partial charge in [-0.15, -0.1) is 0 Å². The van der Waals surface area contributed by atoms with Crippen LogP contribution in [0, 0.1) is 5.92 Å². The lowest BCUT2D eigenvalue weighted by Gasteiger charge is -2.25. The van der Waals surface area contributed by atoms with Crippen LogP contribution in [0.3, 0.4) is 0 Å². The largest absolute Gasteiger partial charge is 0.336 e. The third-order valence-corrected chi connectivity index (χ3v) is 4.18. The highest BCUT2D eigenvalue weighted by Gasteiger charge is 2.32. The third kappa shape index (κ3) is 2.61. The number of hydrogen-bond acceptors (Lipinski definition) is 2. The zero-order chi connectivity index (χ0) is 12.4. The highest BCUT2D eigenvalue weighted by Crippen LogP contribution is 2.32. The van der Waals surface area contributed by atoms with E-state index in [0.717, 1.165) is 22.9 Å². The molecule has 2 rings (SSSR count). The number of rotatable bonds is 3. The summed E-state index contributed by atoms with van der Waals surface area (Å²) < 4.78 is 0. The van der Waals surface area contributed by atoms with Gasteiger partial charge in [0.05, 0.1) is 6.04 Å². The summed E-state index contributed by atoms with van der Waals surface area (Å²) in [5.74, 6) is 1.34. The number of nitrogens with zero attached hydrogens (tertiary/aromatic N) is 1. The Kier molecular flexibility index (Phi) is 4.00. The minimum absolute atomic E-state index is 0.0427. The van der Waals surface area contributed by atoms with Gasteiger partial charge in [-0.25, -0.2) is 0 Å². The number of carbonyl (C=O) groups is 1. The van der Waals surface area contributed by atoms with Crippen molar-refractivity contribution < 1.29 is 4.79 Å². The molecule has 0 saturated carbocycles. The van der Waals surface area contributed by atoms with Crippen LogP contribution < -0.4 is 0 Å². The van der Waals surface area contributed by atoms with E-state index in [0.29, 0.717) is 12.3 Å². The van der Waals surface area contributed by atoms with Gasteiger partial charge < -0.3 is 4.90 Å². The van der Waals surface area contributed by atoms with Crippen molar-refractivity contribution in [2.45, 2.75) is 19.4 Å². The Morgan fingerprint density at radius 3 is 2.82 bits per heavy atom. The monoisotopic (exact) mass is 269 g/mol. The quantitative estimate of drug-likeness (QED) is 0.836. The zero-order valence-corrected chi connectivity index (χ0v) is 11.4. The molecule has 17 heavy (non-hydrogen) atoms. The summed E-state index contributed by atoms with van der Waals surface area (Å²) in [6.07, 6.45) is 0.609. The van der Waals surface area contributed by atoms with Gasteiger partial charge in [0.2, 0.25) is 5.91 Å². The van der Waals surface area contributed by atoms with Gasteiger partial charge in [-0.3, -0.25) is 4.79 Å². The smallest absolute Gasteiger partial charge is 0.223 e. The maximum absolute atomic E-state index is 11.9. The van der Waals surface area contributed by atoms with Crippen molar-refractivity contribution in [3.8, 4) is 0 Å². The number of benzene rings is 1. The molecule has 1 aliphatic rings. The van der Waals surface area contributed by atoms with Crippen molar-refractivity contribution in [1.82, 2.24) is 4.90 Å². The molecular weight excluding hydrogens is 254 g/mol. The number of thiol groups is 1. The van der Waals surface area contributed by atoms with E-state index in [-0.39, 0.29) is 11.9 Å². The van der Waals surface area contributed by atoms with Crippen LogP contribution in [0.1, 0.15) is 24.9 Å². The molecule has 1 saturated heterocycles. The Morgan fingerprint density at radius 2 is 2.24 bits per heavy atom. The van der Waals surface area contributed by atoms with Crippen molar-refractivity contribution in [1.29, 1.82) is 0 Å². The van der Waals surface area contributed by atoms with Crippen LogP contribution in [0.2, 0.25) is 5.02 Å². The highest BCUT2D eigenvalue weighted by molar-refractivity contribution is 7.80. The standard InChI is InChI=1S/C13H16ClNOS/c1-9(11-4-2-3-5-12(11)14)15-7-10(8-17)6-13(15)16/h2-5,9-10,17H,6-8H2,1H3. The Hall–Kier alpha value is -0.670. The van der Waals surface area contributed by atoms with Gasteiger partial charge in [0.25, 0.3) is 0 Å². The molecule has 2 nitrogen and oxygen atoms in total. The van der Waals surface area contributed by atoms with E-state index in [2.05, 4.69) is 12.6 Å². The fourth-order valence-corrected chi connectivity index (χ4v) is 2.83. The molecular formula is C13H16ClNOS. The molecule has 1 heterocycles. The van der Waals surface area contributed by atoms with Crippen LogP contribution >= 0.6 is 24.2 Å². The van der Waals surface area contributed by atoms with E-state index >= 15 is 0 Å². The van der Waals surface area contributed by atoms with Gasteiger partial charge in [-0.1, -0.05) is 29.8 Å². The predicted molar refractivity (Wildman–Crippen MR) is 73.5 cm³/mol. The molecule has 4 heteroatoms. The second kappa shape index (κ2) is 5.32. The van der Waals surface area contributed by atoms with E-state index < -0.39 is 0 Å². The molecule has 2 unspecified atom stereocenters. The average molecular weight is 270 g/mol. The summed E-state index contributed by atoms with van der Waals surface area (Å²) in [4.78, 5) is 13.8. The lowest BCUT2D eigenvalue weighted by Crippen LogP contribution is -2.28. The minimum atomic E-state index is 0.0427. The van der Waals surface area contributed by atoms with Gasteiger partial charge in [-0.2, -0.15) is 12.6 Å². The molecule has 1 amide bonds. The molecule has 0 N–H and O–H groups in total. The summed E-state index contributed by atoms with van der Waals surface area (Å²) in [5, 5.41) is 0.724. The summed E-state index contributed by atoms with van der Waals surface area (Å²) >= 11 is 10.4. The highest BCUT2D eigenvalue weighted by atomic mass is 35.5. The summed E-state index contributed by atoms with van der Waals surface area (Å²) in [5.41, 5.74) is 1.02. The Labute approximate surface area is 112 Å². The maximum Gasteiger partial charge on any atom is 0.223 e. The molecule has 0 radical (unpaired) electrons. The van der Waals surface area contributed by atoms with Crippen molar-refractivity contribution in [3.63, 3.8) is 0 Å². The topological polar surface area (TPSA) is 20.3 Å². The maximum atomic E-state index is 11.9. The van der Waals surface area contributed by atoms with E-state index in [1.54, 1.807) is 0 Å². The fourth-order valence-electron chi connectivity index (χ4n) is 2.29. The summed E-state index contributed by atoms with van der Waals surface area (Å²) in [7, 11) is 0. The van der Waals surface area contributed by atoms with E-state index in [4.69, 9.17) is 11.6 Å². The summed E-state index contributed by atoms with van der Waals surface area (Å²) in [6, 6.07) is 7.74. The SMILES string of the molecule is CC(c1ccccc1Cl)N1CC(CS)CC1=O. The average Bonchev–Trinajstić information content (AvgIpc) is 2.70. The van der Waals surface area contributed by atoms with Crippen LogP contribution in [-0.4, -0.2) is 23.1 Å². The molecule has 0 aliphatic carbocycles. The minimum Gasteiger partial charge on any atom is -0.336 e.